The highest BCUT2D eigenvalue weighted by Crippen LogP contribution is 2.16. The van der Waals surface area contributed by atoms with Gasteiger partial charge in [0.2, 0.25) is 0 Å². The van der Waals surface area contributed by atoms with Gasteiger partial charge in [0.25, 0.3) is 0 Å². The zero-order valence-corrected chi connectivity index (χ0v) is 18.0. The Hall–Kier alpha value is -2.39. The molecule has 1 fully saturated rings. The lowest BCUT2D eigenvalue weighted by Gasteiger charge is -2.26. The Balaban J connectivity index is 1.55. The summed E-state index contributed by atoms with van der Waals surface area (Å²) < 4.78 is 23.1. The van der Waals surface area contributed by atoms with Gasteiger partial charge in [0.1, 0.15) is 5.82 Å². The lowest BCUT2D eigenvalue weighted by atomic mass is 10.2. The van der Waals surface area contributed by atoms with E-state index in [1.807, 2.05) is 43.3 Å². The topological polar surface area (TPSA) is 93.7 Å². The third kappa shape index (κ3) is 6.30. The van der Waals surface area contributed by atoms with Crippen LogP contribution in [0.5, 0.6) is 0 Å². The molecule has 0 unspecified atom stereocenters. The van der Waals surface area contributed by atoms with Crippen LogP contribution in [0.2, 0.25) is 0 Å². The van der Waals surface area contributed by atoms with E-state index in [1.165, 1.54) is 0 Å². The van der Waals surface area contributed by atoms with Crippen LogP contribution in [0.25, 0.3) is 11.3 Å². The summed E-state index contributed by atoms with van der Waals surface area (Å²) in [7, 11) is -0.855. The van der Waals surface area contributed by atoms with Crippen molar-refractivity contribution in [1.29, 1.82) is 0 Å². The highest BCUT2D eigenvalue weighted by atomic mass is 32.2. The molecule has 2 N–H and O–H groups in total. The van der Waals surface area contributed by atoms with Gasteiger partial charge < -0.3 is 15.2 Å². The fourth-order valence-corrected chi connectivity index (χ4v) is 4.52. The number of sulfone groups is 1. The predicted octanol–water partition coefficient (Wildman–Crippen LogP) is 1.20. The van der Waals surface area contributed by atoms with Crippen molar-refractivity contribution in [3.05, 3.63) is 42.4 Å². The van der Waals surface area contributed by atoms with E-state index in [1.54, 1.807) is 0 Å². The predicted molar refractivity (Wildman–Crippen MR) is 117 cm³/mol. The number of nitrogens with zero attached hydrogens (tertiary/aromatic N) is 4. The van der Waals surface area contributed by atoms with Crippen LogP contribution in [0.1, 0.15) is 12.7 Å². The maximum Gasteiger partial charge on any atom is 0.194 e. The molecule has 1 aromatic heterocycles. The number of imidazole rings is 1. The number of aromatic amines is 1. The molecule has 0 spiro atoms. The van der Waals surface area contributed by atoms with Crippen LogP contribution in [0.15, 0.2) is 41.5 Å². The quantitative estimate of drug-likeness (QED) is 0.518. The van der Waals surface area contributed by atoms with Crippen LogP contribution in [0.4, 0.5) is 0 Å². The number of hydrogen-bond acceptors (Lipinski definition) is 5. The van der Waals surface area contributed by atoms with E-state index in [0.29, 0.717) is 26.2 Å². The van der Waals surface area contributed by atoms with Crippen LogP contribution < -0.4 is 5.32 Å². The first-order chi connectivity index (χ1) is 14.0. The van der Waals surface area contributed by atoms with Crippen LogP contribution in [0, 0.1) is 0 Å². The average Bonchev–Trinajstić information content (AvgIpc) is 3.17. The SMILES string of the molecule is CCNC(=NCCN1CCS(=O)(=O)CC1)N(C)Cc1ncc(-c2ccccc2)[nH]1. The van der Waals surface area contributed by atoms with Gasteiger partial charge in [-0.15, -0.1) is 0 Å². The average molecular weight is 419 g/mol. The zero-order valence-electron chi connectivity index (χ0n) is 17.1. The molecule has 8 nitrogen and oxygen atoms in total. The number of aromatic nitrogens is 2. The van der Waals surface area contributed by atoms with Gasteiger partial charge in [-0.05, 0) is 12.5 Å². The molecule has 0 atom stereocenters. The van der Waals surface area contributed by atoms with Gasteiger partial charge in [-0.1, -0.05) is 30.3 Å². The zero-order chi connectivity index (χ0) is 20.7. The van der Waals surface area contributed by atoms with E-state index in [-0.39, 0.29) is 11.5 Å². The molecule has 9 heteroatoms. The number of guanidine groups is 1. The monoisotopic (exact) mass is 418 g/mol. The van der Waals surface area contributed by atoms with Crippen LogP contribution in [0.3, 0.4) is 0 Å². The van der Waals surface area contributed by atoms with E-state index in [0.717, 1.165) is 36.1 Å². The minimum absolute atomic E-state index is 0.249. The second-order valence-corrected chi connectivity index (χ2v) is 9.50. The summed E-state index contributed by atoms with van der Waals surface area (Å²) in [4.78, 5) is 16.8. The minimum Gasteiger partial charge on any atom is -0.357 e. The largest absolute Gasteiger partial charge is 0.357 e. The van der Waals surface area contributed by atoms with E-state index in [4.69, 9.17) is 4.99 Å². The maximum absolute atomic E-state index is 11.5. The smallest absolute Gasteiger partial charge is 0.194 e. The Morgan fingerprint density at radius 3 is 2.69 bits per heavy atom. The molecule has 0 saturated carbocycles. The number of aliphatic imine (C=N–C) groups is 1. The molecule has 3 rings (SSSR count). The normalized spacial score (nSPS) is 17.2. The lowest BCUT2D eigenvalue weighted by molar-refractivity contribution is 0.303. The van der Waals surface area contributed by atoms with Gasteiger partial charge in [0, 0.05) is 33.2 Å². The highest BCUT2D eigenvalue weighted by Gasteiger charge is 2.21. The summed E-state index contributed by atoms with van der Waals surface area (Å²) >= 11 is 0. The molecule has 1 aromatic carbocycles. The molecule has 1 saturated heterocycles. The van der Waals surface area contributed by atoms with Crippen molar-refractivity contribution < 1.29 is 8.42 Å². The van der Waals surface area contributed by atoms with Crippen molar-refractivity contribution in [2.45, 2.75) is 13.5 Å². The molecule has 0 radical (unpaired) electrons. The summed E-state index contributed by atoms with van der Waals surface area (Å²) in [5.41, 5.74) is 2.11. The van der Waals surface area contributed by atoms with Crippen LogP contribution in [-0.2, 0) is 16.4 Å². The van der Waals surface area contributed by atoms with Crippen molar-refractivity contribution in [2.24, 2.45) is 4.99 Å². The van der Waals surface area contributed by atoms with Gasteiger partial charge in [-0.25, -0.2) is 13.4 Å². The van der Waals surface area contributed by atoms with E-state index < -0.39 is 9.84 Å². The second-order valence-electron chi connectivity index (χ2n) is 7.19. The molecular weight excluding hydrogens is 388 g/mol. The molecule has 0 aliphatic carbocycles. The molecule has 158 valence electrons. The van der Waals surface area contributed by atoms with Crippen molar-refractivity contribution >= 4 is 15.8 Å². The van der Waals surface area contributed by atoms with Crippen molar-refractivity contribution in [3.63, 3.8) is 0 Å². The second kappa shape index (κ2) is 9.89. The Morgan fingerprint density at radius 1 is 1.28 bits per heavy atom. The van der Waals surface area contributed by atoms with Gasteiger partial charge in [-0.3, -0.25) is 9.89 Å². The van der Waals surface area contributed by atoms with Crippen LogP contribution in [-0.4, -0.2) is 85.4 Å². The first kappa shape index (κ1) is 21.3. The number of rotatable bonds is 7. The Morgan fingerprint density at radius 2 is 2.00 bits per heavy atom. The maximum atomic E-state index is 11.5. The van der Waals surface area contributed by atoms with E-state index in [9.17, 15) is 8.42 Å². The Kier molecular flexibility index (Phi) is 7.27. The third-order valence-corrected chi connectivity index (χ3v) is 6.52. The van der Waals surface area contributed by atoms with Crippen molar-refractivity contribution in [1.82, 2.24) is 25.1 Å². The lowest BCUT2D eigenvalue weighted by Crippen LogP contribution is -2.42. The van der Waals surface area contributed by atoms with Crippen LogP contribution >= 0.6 is 0 Å². The molecular formula is C20H30N6O2S. The summed E-state index contributed by atoms with van der Waals surface area (Å²) in [6, 6.07) is 10.1. The van der Waals surface area contributed by atoms with Crippen molar-refractivity contribution in [3.8, 4) is 11.3 Å². The summed E-state index contributed by atoms with van der Waals surface area (Å²) in [6.45, 7) is 6.01. The summed E-state index contributed by atoms with van der Waals surface area (Å²) in [5.74, 6) is 2.19. The molecule has 1 aliphatic rings. The molecule has 29 heavy (non-hydrogen) atoms. The standard InChI is InChI=1S/C20H30N6O2S/c1-3-21-20(22-9-10-26-11-13-29(27,28)14-12-26)25(2)16-19-23-15-18(24-19)17-7-5-4-6-8-17/h4-8,15H,3,9-14,16H2,1-2H3,(H,21,22)(H,23,24). The van der Waals surface area contributed by atoms with Gasteiger partial charge >= 0.3 is 0 Å². The molecule has 0 amide bonds. The summed E-state index contributed by atoms with van der Waals surface area (Å²) in [5, 5.41) is 3.31. The van der Waals surface area contributed by atoms with Crippen molar-refractivity contribution in [2.75, 3.05) is 51.3 Å². The Bertz CT molecular complexity index is 896. The molecule has 1 aliphatic heterocycles. The number of H-pyrrole nitrogens is 1. The number of nitrogens with one attached hydrogen (secondary N) is 2. The third-order valence-electron chi connectivity index (χ3n) is 4.91. The first-order valence-corrected chi connectivity index (χ1v) is 11.8. The fourth-order valence-electron chi connectivity index (χ4n) is 3.25. The minimum atomic E-state index is -2.84. The molecule has 2 heterocycles. The number of hydrogen-bond donors (Lipinski definition) is 2. The number of benzene rings is 1. The van der Waals surface area contributed by atoms with Gasteiger partial charge in [0.15, 0.2) is 15.8 Å². The highest BCUT2D eigenvalue weighted by molar-refractivity contribution is 7.91. The first-order valence-electron chi connectivity index (χ1n) is 9.98. The van der Waals surface area contributed by atoms with E-state index in [2.05, 4.69) is 32.3 Å². The van der Waals surface area contributed by atoms with E-state index >= 15 is 0 Å². The Labute approximate surface area is 173 Å². The fraction of sp³-hybridized carbons (Fsp3) is 0.500. The van der Waals surface area contributed by atoms with Gasteiger partial charge in [-0.2, -0.15) is 0 Å². The summed E-state index contributed by atoms with van der Waals surface area (Å²) in [6.07, 6.45) is 1.85. The van der Waals surface area contributed by atoms with Gasteiger partial charge in [0.05, 0.1) is 36.5 Å². The molecule has 2 aromatic rings. The molecule has 0 bridgehead atoms.